The number of sulfonamides is 1. The average Bonchev–Trinajstić information content (AvgIpc) is 3.13. The van der Waals surface area contributed by atoms with E-state index in [1.807, 2.05) is 19.9 Å². The van der Waals surface area contributed by atoms with Crippen molar-refractivity contribution in [2.24, 2.45) is 0 Å². The highest BCUT2D eigenvalue weighted by molar-refractivity contribution is 7.92. The lowest BCUT2D eigenvalue weighted by atomic mass is 10.3. The Labute approximate surface area is 189 Å². The fraction of sp³-hybridized carbons (Fsp3) is 0.136. The van der Waals surface area contributed by atoms with Gasteiger partial charge < -0.3 is 9.47 Å². The number of nitrogens with one attached hydrogen (secondary N) is 1. The van der Waals surface area contributed by atoms with Gasteiger partial charge in [-0.3, -0.25) is 4.72 Å². The van der Waals surface area contributed by atoms with Gasteiger partial charge in [0.25, 0.3) is 10.0 Å². The number of rotatable bonds is 7. The zero-order valence-corrected chi connectivity index (χ0v) is 18.8. The van der Waals surface area contributed by atoms with E-state index in [-0.39, 0.29) is 22.2 Å². The van der Waals surface area contributed by atoms with E-state index in [4.69, 9.17) is 9.47 Å². The predicted octanol–water partition coefficient (Wildman–Crippen LogP) is 4.02. The molecule has 0 atom stereocenters. The van der Waals surface area contributed by atoms with Gasteiger partial charge >= 0.3 is 0 Å². The molecular formula is C22H20FN5O4S. The van der Waals surface area contributed by atoms with E-state index >= 15 is 0 Å². The quantitative estimate of drug-likeness (QED) is 0.435. The monoisotopic (exact) mass is 469 g/mol. The van der Waals surface area contributed by atoms with Crippen LogP contribution in [0.2, 0.25) is 0 Å². The summed E-state index contributed by atoms with van der Waals surface area (Å²) in [5.41, 5.74) is 2.07. The lowest BCUT2D eigenvalue weighted by Gasteiger charge is -2.12. The molecule has 4 aromatic rings. The molecule has 0 saturated heterocycles. The Kier molecular flexibility index (Phi) is 5.97. The Balaban J connectivity index is 1.46. The first-order chi connectivity index (χ1) is 15.7. The number of benzene rings is 2. The topological polar surface area (TPSA) is 108 Å². The number of ether oxygens (including phenoxy) is 2. The van der Waals surface area contributed by atoms with Crippen molar-refractivity contribution in [1.82, 2.24) is 20.0 Å². The van der Waals surface area contributed by atoms with Crippen molar-refractivity contribution >= 4 is 15.7 Å². The number of methoxy groups -OCH3 is 1. The van der Waals surface area contributed by atoms with Crippen molar-refractivity contribution in [3.05, 3.63) is 77.9 Å². The van der Waals surface area contributed by atoms with Gasteiger partial charge in [-0.1, -0.05) is 0 Å². The lowest BCUT2D eigenvalue weighted by Crippen LogP contribution is -2.14. The maximum Gasteiger partial charge on any atom is 0.265 e. The number of nitrogens with zero attached hydrogens (tertiary/aromatic N) is 4. The smallest absolute Gasteiger partial charge is 0.265 e. The highest BCUT2D eigenvalue weighted by atomic mass is 32.2. The summed E-state index contributed by atoms with van der Waals surface area (Å²) in [5.74, 6) is 0.592. The van der Waals surface area contributed by atoms with Crippen LogP contribution in [0.1, 0.15) is 11.4 Å². The summed E-state index contributed by atoms with van der Waals surface area (Å²) in [7, 11) is -2.76. The molecule has 2 heterocycles. The SMILES string of the molecule is COc1ccc(F)cc1S(=O)(=O)Nc1ccc(Oc2ccc(-n3nc(C)cc3C)nn2)cc1. The summed E-state index contributed by atoms with van der Waals surface area (Å²) in [5, 5.41) is 12.5. The molecule has 0 aliphatic carbocycles. The van der Waals surface area contributed by atoms with Gasteiger partial charge in [0, 0.05) is 17.4 Å². The molecular weight excluding hydrogens is 449 g/mol. The van der Waals surface area contributed by atoms with Gasteiger partial charge in [-0.2, -0.15) is 5.10 Å². The number of aryl methyl sites for hydroxylation is 2. The molecule has 4 rings (SSSR count). The third kappa shape index (κ3) is 4.93. The number of aromatic nitrogens is 4. The predicted molar refractivity (Wildman–Crippen MR) is 119 cm³/mol. The zero-order valence-electron chi connectivity index (χ0n) is 18.0. The van der Waals surface area contributed by atoms with Crippen LogP contribution in [-0.2, 0) is 10.0 Å². The maximum atomic E-state index is 13.6. The standard InChI is InChI=1S/C22H20FN5O4S/c1-14-12-15(2)28(26-14)21-10-11-22(25-24-21)32-18-7-5-17(6-8-18)27-33(29,30)20-13-16(23)4-9-19(20)31-3/h4-13,27H,1-3H3. The van der Waals surface area contributed by atoms with Crippen LogP contribution in [0.15, 0.2) is 65.6 Å². The van der Waals surface area contributed by atoms with Crippen molar-refractivity contribution in [1.29, 1.82) is 0 Å². The minimum absolute atomic E-state index is 0.0336. The molecule has 0 radical (unpaired) electrons. The molecule has 2 aromatic heterocycles. The van der Waals surface area contributed by atoms with Crippen molar-refractivity contribution in [2.45, 2.75) is 18.7 Å². The Morgan fingerprint density at radius 3 is 2.33 bits per heavy atom. The molecule has 0 bridgehead atoms. The molecule has 11 heteroatoms. The number of halogens is 1. The number of hydrogen-bond acceptors (Lipinski definition) is 7. The van der Waals surface area contributed by atoms with Crippen LogP contribution in [0, 0.1) is 19.7 Å². The third-order valence-corrected chi connectivity index (χ3v) is 6.00. The second kappa shape index (κ2) is 8.87. The van der Waals surface area contributed by atoms with Crippen LogP contribution in [0.5, 0.6) is 17.4 Å². The Morgan fingerprint density at radius 1 is 0.970 bits per heavy atom. The molecule has 0 amide bonds. The minimum Gasteiger partial charge on any atom is -0.495 e. The van der Waals surface area contributed by atoms with E-state index in [2.05, 4.69) is 20.0 Å². The average molecular weight is 469 g/mol. The van der Waals surface area contributed by atoms with Gasteiger partial charge in [-0.25, -0.2) is 17.5 Å². The summed E-state index contributed by atoms with van der Waals surface area (Å²) in [6.07, 6.45) is 0. The van der Waals surface area contributed by atoms with Crippen LogP contribution < -0.4 is 14.2 Å². The van der Waals surface area contributed by atoms with Gasteiger partial charge in [0.05, 0.1) is 12.8 Å². The van der Waals surface area contributed by atoms with Crippen LogP contribution in [0.3, 0.4) is 0 Å². The van der Waals surface area contributed by atoms with E-state index < -0.39 is 15.8 Å². The van der Waals surface area contributed by atoms with E-state index in [0.717, 1.165) is 23.5 Å². The van der Waals surface area contributed by atoms with Crippen LogP contribution in [-0.4, -0.2) is 35.5 Å². The Morgan fingerprint density at radius 2 is 1.73 bits per heavy atom. The first kappa shape index (κ1) is 22.2. The van der Waals surface area contributed by atoms with Gasteiger partial charge in [0.15, 0.2) is 5.82 Å². The van der Waals surface area contributed by atoms with E-state index in [1.165, 1.54) is 25.3 Å². The zero-order chi connectivity index (χ0) is 23.6. The van der Waals surface area contributed by atoms with E-state index in [9.17, 15) is 12.8 Å². The molecule has 170 valence electrons. The van der Waals surface area contributed by atoms with Crippen LogP contribution >= 0.6 is 0 Å². The van der Waals surface area contributed by atoms with Crippen molar-refractivity contribution < 1.29 is 22.3 Å². The molecule has 0 aliphatic rings. The van der Waals surface area contributed by atoms with Gasteiger partial charge in [0.1, 0.15) is 22.2 Å². The van der Waals surface area contributed by atoms with Crippen LogP contribution in [0.25, 0.3) is 5.82 Å². The largest absolute Gasteiger partial charge is 0.495 e. The first-order valence-electron chi connectivity index (χ1n) is 9.77. The number of hydrogen-bond donors (Lipinski definition) is 1. The molecule has 0 saturated carbocycles. The minimum atomic E-state index is -4.07. The van der Waals surface area contributed by atoms with E-state index in [1.54, 1.807) is 28.9 Å². The number of anilines is 1. The van der Waals surface area contributed by atoms with Gasteiger partial charge in [-0.05, 0) is 68.4 Å². The summed E-state index contributed by atoms with van der Waals surface area (Å²) in [6.45, 7) is 3.82. The van der Waals surface area contributed by atoms with Crippen LogP contribution in [0.4, 0.5) is 10.1 Å². The normalized spacial score (nSPS) is 11.3. The van der Waals surface area contributed by atoms with Crippen molar-refractivity contribution in [2.75, 3.05) is 11.8 Å². The first-order valence-corrected chi connectivity index (χ1v) is 11.2. The molecule has 0 aliphatic heterocycles. The van der Waals surface area contributed by atoms with Crippen molar-refractivity contribution in [3.63, 3.8) is 0 Å². The third-order valence-electron chi connectivity index (χ3n) is 4.60. The lowest BCUT2D eigenvalue weighted by molar-refractivity contribution is 0.401. The highest BCUT2D eigenvalue weighted by Gasteiger charge is 2.20. The summed E-state index contributed by atoms with van der Waals surface area (Å²) >= 11 is 0. The summed E-state index contributed by atoms with van der Waals surface area (Å²) in [6, 6.07) is 14.8. The Hall–Kier alpha value is -3.99. The second-order valence-corrected chi connectivity index (χ2v) is 8.75. The molecule has 2 aromatic carbocycles. The molecule has 9 nitrogen and oxygen atoms in total. The molecule has 0 unspecified atom stereocenters. The second-order valence-electron chi connectivity index (χ2n) is 7.10. The van der Waals surface area contributed by atoms with Crippen molar-refractivity contribution in [3.8, 4) is 23.2 Å². The van der Waals surface area contributed by atoms with Gasteiger partial charge in [0.2, 0.25) is 5.88 Å². The highest BCUT2D eigenvalue weighted by Crippen LogP contribution is 2.28. The summed E-state index contributed by atoms with van der Waals surface area (Å²) in [4.78, 5) is -0.302. The van der Waals surface area contributed by atoms with Gasteiger partial charge in [-0.15, -0.1) is 10.2 Å². The summed E-state index contributed by atoms with van der Waals surface area (Å²) < 4.78 is 53.7. The molecule has 33 heavy (non-hydrogen) atoms. The fourth-order valence-electron chi connectivity index (χ4n) is 3.12. The molecule has 1 N–H and O–H groups in total. The molecule has 0 fully saturated rings. The van der Waals surface area contributed by atoms with E-state index in [0.29, 0.717) is 11.6 Å². The Bertz CT molecular complexity index is 1390. The molecule has 0 spiro atoms. The maximum absolute atomic E-state index is 13.6. The fourth-order valence-corrected chi connectivity index (χ4v) is 4.36.